The highest BCUT2D eigenvalue weighted by Gasteiger charge is 2.21. The summed E-state index contributed by atoms with van der Waals surface area (Å²) in [6.45, 7) is 0.483. The maximum Gasteiger partial charge on any atom is 0.273 e. The number of carbonyl (C=O) groups excluding carboxylic acids is 2. The first-order valence-electron chi connectivity index (χ1n) is 11.6. The molecule has 0 aliphatic carbocycles. The summed E-state index contributed by atoms with van der Waals surface area (Å²) in [5, 5.41) is 6.61. The zero-order valence-corrected chi connectivity index (χ0v) is 20.1. The summed E-state index contributed by atoms with van der Waals surface area (Å²) < 4.78 is 38.0. The average molecular weight is 506 g/mol. The Morgan fingerprint density at radius 1 is 0.919 bits per heavy atom. The summed E-state index contributed by atoms with van der Waals surface area (Å²) in [7, 11) is 1.60. The molecule has 1 aromatic heterocycles. The molecule has 0 aliphatic rings. The van der Waals surface area contributed by atoms with E-state index >= 15 is 0 Å². The van der Waals surface area contributed by atoms with Crippen molar-refractivity contribution < 1.29 is 27.6 Å². The molecule has 1 N–H and O–H groups in total. The van der Waals surface area contributed by atoms with Crippen molar-refractivity contribution >= 4 is 11.8 Å². The minimum absolute atomic E-state index is 0.0576. The number of ether oxygens (including phenoxy) is 1. The smallest absolute Gasteiger partial charge is 0.273 e. The lowest BCUT2D eigenvalue weighted by Crippen LogP contribution is -2.30. The molecule has 9 heteroatoms. The Morgan fingerprint density at radius 3 is 2.30 bits per heavy atom. The van der Waals surface area contributed by atoms with E-state index in [1.165, 1.54) is 11.0 Å². The molecule has 0 atom stereocenters. The van der Waals surface area contributed by atoms with E-state index in [4.69, 9.17) is 9.26 Å². The van der Waals surface area contributed by atoms with Gasteiger partial charge in [0.1, 0.15) is 17.4 Å². The maximum absolute atomic E-state index is 13.8. The maximum atomic E-state index is 13.8. The van der Waals surface area contributed by atoms with Crippen molar-refractivity contribution in [1.82, 2.24) is 15.4 Å². The standard InChI is InChI=1S/C28H25F2N3O4/c1-36-24-9-7-19(8-10-24)11-12-31-27(34)26-16-25(37-32-26)18-33(17-20-5-3-2-4-6-20)28(35)21-13-22(29)15-23(30)14-21/h2-10,13-16H,11-12,17-18H2,1H3,(H,31,34). The van der Waals surface area contributed by atoms with E-state index in [0.717, 1.165) is 29.0 Å². The predicted octanol–water partition coefficient (Wildman–Crippen LogP) is 4.78. The molecule has 0 saturated carbocycles. The second-order valence-electron chi connectivity index (χ2n) is 8.34. The van der Waals surface area contributed by atoms with Gasteiger partial charge in [0.25, 0.3) is 11.8 Å². The van der Waals surface area contributed by atoms with Gasteiger partial charge < -0.3 is 19.5 Å². The third-order valence-corrected chi connectivity index (χ3v) is 5.61. The number of hydrogen-bond donors (Lipinski definition) is 1. The highest BCUT2D eigenvalue weighted by atomic mass is 19.1. The fourth-order valence-electron chi connectivity index (χ4n) is 3.75. The average Bonchev–Trinajstić information content (AvgIpc) is 3.37. The van der Waals surface area contributed by atoms with Gasteiger partial charge in [0.2, 0.25) is 0 Å². The number of halogens is 2. The molecule has 2 amide bonds. The first-order valence-corrected chi connectivity index (χ1v) is 11.6. The molecule has 3 aromatic carbocycles. The SMILES string of the molecule is COc1ccc(CCNC(=O)c2cc(CN(Cc3ccccc3)C(=O)c3cc(F)cc(F)c3)on2)cc1. The summed E-state index contributed by atoms with van der Waals surface area (Å²) in [6, 6.07) is 20.8. The van der Waals surface area contributed by atoms with Crippen LogP contribution < -0.4 is 10.1 Å². The lowest BCUT2D eigenvalue weighted by molar-refractivity contribution is 0.0712. The number of nitrogens with one attached hydrogen (secondary N) is 1. The quantitative estimate of drug-likeness (QED) is 0.336. The van der Waals surface area contributed by atoms with Crippen molar-refractivity contribution in [1.29, 1.82) is 0 Å². The van der Waals surface area contributed by atoms with Gasteiger partial charge in [0.15, 0.2) is 11.5 Å². The minimum atomic E-state index is -0.851. The van der Waals surface area contributed by atoms with E-state index in [0.29, 0.717) is 19.0 Å². The Hall–Kier alpha value is -4.53. The Morgan fingerprint density at radius 2 is 1.62 bits per heavy atom. The van der Waals surface area contributed by atoms with Crippen molar-refractivity contribution in [3.8, 4) is 5.75 Å². The van der Waals surface area contributed by atoms with E-state index in [1.807, 2.05) is 54.6 Å². The summed E-state index contributed by atoms with van der Waals surface area (Å²) in [4.78, 5) is 27.1. The van der Waals surface area contributed by atoms with Gasteiger partial charge in [-0.25, -0.2) is 8.78 Å². The Balaban J connectivity index is 1.42. The van der Waals surface area contributed by atoms with Crippen LogP contribution >= 0.6 is 0 Å². The third kappa shape index (κ3) is 7.00. The normalized spacial score (nSPS) is 10.7. The van der Waals surface area contributed by atoms with Crippen molar-refractivity contribution in [2.45, 2.75) is 19.5 Å². The topological polar surface area (TPSA) is 84.7 Å². The van der Waals surface area contributed by atoms with E-state index < -0.39 is 23.4 Å². The molecule has 7 nitrogen and oxygen atoms in total. The van der Waals surface area contributed by atoms with Crippen LogP contribution in [0.3, 0.4) is 0 Å². The first-order chi connectivity index (χ1) is 17.9. The molecule has 4 rings (SSSR count). The number of benzene rings is 3. The highest BCUT2D eigenvalue weighted by molar-refractivity contribution is 5.94. The van der Waals surface area contributed by atoms with Crippen LogP contribution in [0.5, 0.6) is 5.75 Å². The largest absolute Gasteiger partial charge is 0.497 e. The molecule has 190 valence electrons. The van der Waals surface area contributed by atoms with Gasteiger partial charge in [-0.1, -0.05) is 47.6 Å². The summed E-state index contributed by atoms with van der Waals surface area (Å²) >= 11 is 0. The van der Waals surface area contributed by atoms with Crippen LogP contribution in [0, 0.1) is 11.6 Å². The van der Waals surface area contributed by atoms with Crippen LogP contribution in [-0.2, 0) is 19.5 Å². The number of amides is 2. The monoisotopic (exact) mass is 505 g/mol. The first kappa shape index (κ1) is 25.6. The number of nitrogens with zero attached hydrogens (tertiary/aromatic N) is 2. The molecule has 0 spiro atoms. The second-order valence-corrected chi connectivity index (χ2v) is 8.34. The molecule has 0 bridgehead atoms. The van der Waals surface area contributed by atoms with Crippen molar-refractivity contribution in [2.75, 3.05) is 13.7 Å². The molecule has 0 fully saturated rings. The van der Waals surface area contributed by atoms with Gasteiger partial charge in [-0.15, -0.1) is 0 Å². The molecule has 0 unspecified atom stereocenters. The Kier molecular flexibility index (Phi) is 8.25. The van der Waals surface area contributed by atoms with Crippen LogP contribution in [0.25, 0.3) is 0 Å². The number of aromatic nitrogens is 1. The Bertz CT molecular complexity index is 1340. The van der Waals surface area contributed by atoms with Crippen LogP contribution in [0.15, 0.2) is 83.4 Å². The van der Waals surface area contributed by atoms with E-state index in [9.17, 15) is 18.4 Å². The molecule has 0 radical (unpaired) electrons. The zero-order chi connectivity index (χ0) is 26.2. The molecule has 0 aliphatic heterocycles. The van der Waals surface area contributed by atoms with Crippen LogP contribution in [0.1, 0.15) is 37.7 Å². The number of rotatable bonds is 10. The van der Waals surface area contributed by atoms with Gasteiger partial charge >= 0.3 is 0 Å². The van der Waals surface area contributed by atoms with Crippen molar-refractivity contribution in [3.63, 3.8) is 0 Å². The second kappa shape index (κ2) is 11.9. The molecule has 4 aromatic rings. The van der Waals surface area contributed by atoms with Gasteiger partial charge in [-0.3, -0.25) is 9.59 Å². The van der Waals surface area contributed by atoms with E-state index in [1.54, 1.807) is 7.11 Å². The van der Waals surface area contributed by atoms with Crippen LogP contribution in [0.2, 0.25) is 0 Å². The molecular formula is C28H25F2N3O4. The third-order valence-electron chi connectivity index (χ3n) is 5.61. The number of hydrogen-bond acceptors (Lipinski definition) is 5. The van der Waals surface area contributed by atoms with Gasteiger partial charge in [-0.05, 0) is 41.8 Å². The molecular weight excluding hydrogens is 480 g/mol. The Labute approximate surface area is 212 Å². The summed E-state index contributed by atoms with van der Waals surface area (Å²) in [5.74, 6) is -1.71. The molecule has 0 saturated heterocycles. The van der Waals surface area contributed by atoms with Crippen LogP contribution in [0.4, 0.5) is 8.78 Å². The van der Waals surface area contributed by atoms with Crippen molar-refractivity contribution in [2.24, 2.45) is 0 Å². The van der Waals surface area contributed by atoms with Crippen LogP contribution in [-0.4, -0.2) is 35.5 Å². The fourth-order valence-corrected chi connectivity index (χ4v) is 3.75. The predicted molar refractivity (Wildman–Crippen MR) is 132 cm³/mol. The highest BCUT2D eigenvalue weighted by Crippen LogP contribution is 2.17. The molecule has 37 heavy (non-hydrogen) atoms. The minimum Gasteiger partial charge on any atom is -0.497 e. The number of methoxy groups -OCH3 is 1. The van der Waals surface area contributed by atoms with Crippen molar-refractivity contribution in [3.05, 3.63) is 119 Å². The summed E-state index contributed by atoms with van der Waals surface area (Å²) in [6.07, 6.45) is 0.615. The van der Waals surface area contributed by atoms with Gasteiger partial charge in [0.05, 0.1) is 13.7 Å². The van der Waals surface area contributed by atoms with E-state index in [-0.39, 0.29) is 30.1 Å². The summed E-state index contributed by atoms with van der Waals surface area (Å²) in [5.41, 5.74) is 1.77. The lowest BCUT2D eigenvalue weighted by atomic mass is 10.1. The van der Waals surface area contributed by atoms with E-state index in [2.05, 4.69) is 10.5 Å². The number of carbonyl (C=O) groups is 2. The zero-order valence-electron chi connectivity index (χ0n) is 20.1. The van der Waals surface area contributed by atoms with Gasteiger partial charge in [0, 0.05) is 30.8 Å². The lowest BCUT2D eigenvalue weighted by Gasteiger charge is -2.22. The van der Waals surface area contributed by atoms with Gasteiger partial charge in [-0.2, -0.15) is 0 Å². The molecule has 1 heterocycles. The fraction of sp³-hybridized carbons (Fsp3) is 0.179.